The van der Waals surface area contributed by atoms with Crippen LogP contribution in [0.15, 0.2) is 0 Å². The molecule has 0 radical (unpaired) electrons. The molecule has 0 spiro atoms. The number of hydrogen-bond acceptors (Lipinski definition) is 4. The molecule has 18 heavy (non-hydrogen) atoms. The van der Waals surface area contributed by atoms with E-state index in [2.05, 4.69) is 5.32 Å². The first-order valence-corrected chi connectivity index (χ1v) is 8.46. The van der Waals surface area contributed by atoms with E-state index in [0.717, 1.165) is 32.1 Å². The highest BCUT2D eigenvalue weighted by Gasteiger charge is 2.31. The van der Waals surface area contributed by atoms with Crippen molar-refractivity contribution in [2.45, 2.75) is 50.2 Å². The first kappa shape index (κ1) is 15.4. The van der Waals surface area contributed by atoms with Crippen LogP contribution in [0.25, 0.3) is 0 Å². The van der Waals surface area contributed by atoms with E-state index in [9.17, 15) is 13.2 Å². The van der Waals surface area contributed by atoms with Crippen LogP contribution in [0.5, 0.6) is 0 Å². The Bertz CT molecular complexity index is 354. The van der Waals surface area contributed by atoms with Crippen LogP contribution in [-0.2, 0) is 14.6 Å². The molecule has 1 heterocycles. The van der Waals surface area contributed by atoms with Crippen LogP contribution >= 0.6 is 0 Å². The van der Waals surface area contributed by atoms with E-state index in [0.29, 0.717) is 19.4 Å². The Balaban J connectivity index is 2.10. The zero-order valence-corrected chi connectivity index (χ0v) is 11.7. The van der Waals surface area contributed by atoms with Crippen LogP contribution in [0.4, 0.5) is 0 Å². The second kappa shape index (κ2) is 7.74. The highest BCUT2D eigenvalue weighted by Crippen LogP contribution is 2.19. The van der Waals surface area contributed by atoms with E-state index in [1.807, 2.05) is 0 Å². The number of unbranched alkanes of at least 4 members (excludes halogenated alkanes) is 3. The molecule has 1 atom stereocenters. The Hall–Kier alpha value is -0.620. The lowest BCUT2D eigenvalue weighted by molar-refractivity contribution is -0.121. The van der Waals surface area contributed by atoms with Crippen LogP contribution in [-0.4, -0.2) is 38.4 Å². The van der Waals surface area contributed by atoms with E-state index in [-0.39, 0.29) is 23.5 Å². The molecule has 0 saturated carbocycles. The maximum Gasteiger partial charge on any atom is 0.220 e. The molecule has 0 bridgehead atoms. The molecule has 1 amide bonds. The van der Waals surface area contributed by atoms with E-state index in [1.54, 1.807) is 0 Å². The van der Waals surface area contributed by atoms with Crippen molar-refractivity contribution >= 4 is 15.7 Å². The summed E-state index contributed by atoms with van der Waals surface area (Å²) in [6, 6.07) is 0. The number of amides is 1. The third-order valence-electron chi connectivity index (χ3n) is 3.35. The van der Waals surface area contributed by atoms with Gasteiger partial charge in [0.15, 0.2) is 9.84 Å². The molecule has 0 aromatic heterocycles. The van der Waals surface area contributed by atoms with Crippen molar-refractivity contribution in [3.63, 3.8) is 0 Å². The molecule has 106 valence electrons. The number of sulfone groups is 1. The Morgan fingerprint density at radius 2 is 1.94 bits per heavy atom. The van der Waals surface area contributed by atoms with Gasteiger partial charge in [0.2, 0.25) is 5.91 Å². The molecule has 6 heteroatoms. The molecule has 0 aliphatic carbocycles. The lowest BCUT2D eigenvalue weighted by Crippen LogP contribution is -2.34. The first-order chi connectivity index (χ1) is 8.56. The maximum absolute atomic E-state index is 11.5. The third-order valence-corrected chi connectivity index (χ3v) is 5.62. The molecule has 5 nitrogen and oxygen atoms in total. The molecular weight excluding hydrogens is 252 g/mol. The van der Waals surface area contributed by atoms with Crippen molar-refractivity contribution in [3.05, 3.63) is 0 Å². The molecule has 0 aromatic rings. The number of hydrogen-bond donors (Lipinski definition) is 2. The van der Waals surface area contributed by atoms with E-state index in [1.165, 1.54) is 0 Å². The summed E-state index contributed by atoms with van der Waals surface area (Å²) in [5.74, 6) is 0.233. The number of carbonyl (C=O) groups is 1. The van der Waals surface area contributed by atoms with Crippen molar-refractivity contribution in [1.29, 1.82) is 0 Å². The molecule has 1 unspecified atom stereocenters. The molecule has 1 rings (SSSR count). The van der Waals surface area contributed by atoms with Crippen molar-refractivity contribution in [2.75, 3.05) is 18.8 Å². The summed E-state index contributed by atoms with van der Waals surface area (Å²) < 4.78 is 23.1. The highest BCUT2D eigenvalue weighted by atomic mass is 32.2. The number of carbonyl (C=O) groups excluding carboxylic acids is 1. The zero-order valence-electron chi connectivity index (χ0n) is 10.9. The monoisotopic (exact) mass is 276 g/mol. The number of nitrogens with one attached hydrogen (secondary N) is 1. The molecule has 1 aliphatic rings. The topological polar surface area (TPSA) is 89.3 Å². The summed E-state index contributed by atoms with van der Waals surface area (Å²) in [6.45, 7) is 0.982. The van der Waals surface area contributed by atoms with Gasteiger partial charge in [0, 0.05) is 13.0 Å². The predicted molar refractivity (Wildman–Crippen MR) is 72.0 cm³/mol. The Morgan fingerprint density at radius 3 is 2.56 bits per heavy atom. The average Bonchev–Trinajstić information content (AvgIpc) is 2.65. The van der Waals surface area contributed by atoms with Gasteiger partial charge in [-0.25, -0.2) is 8.42 Å². The predicted octanol–water partition coefficient (Wildman–Crippen LogP) is 0.589. The molecular formula is C12H24N2O3S. The fourth-order valence-electron chi connectivity index (χ4n) is 2.19. The average molecular weight is 276 g/mol. The minimum atomic E-state index is -2.94. The smallest absolute Gasteiger partial charge is 0.220 e. The number of nitrogens with two attached hydrogens (primary N) is 1. The van der Waals surface area contributed by atoms with Gasteiger partial charge in [-0.2, -0.15) is 0 Å². The normalized spacial score (nSPS) is 21.9. The largest absolute Gasteiger partial charge is 0.355 e. The summed E-state index contributed by atoms with van der Waals surface area (Å²) in [5.41, 5.74) is 5.38. The maximum atomic E-state index is 11.5. The lowest BCUT2D eigenvalue weighted by Gasteiger charge is -2.10. The third kappa shape index (κ3) is 5.35. The molecule has 3 N–H and O–H groups in total. The van der Waals surface area contributed by atoms with Gasteiger partial charge in [-0.1, -0.05) is 12.8 Å². The van der Waals surface area contributed by atoms with E-state index >= 15 is 0 Å². The van der Waals surface area contributed by atoms with Crippen LogP contribution in [0, 0.1) is 0 Å². The van der Waals surface area contributed by atoms with Crippen LogP contribution < -0.4 is 11.1 Å². The summed E-state index contributed by atoms with van der Waals surface area (Å²) in [7, 11) is -2.94. The van der Waals surface area contributed by atoms with Crippen molar-refractivity contribution in [2.24, 2.45) is 5.73 Å². The highest BCUT2D eigenvalue weighted by molar-refractivity contribution is 7.92. The van der Waals surface area contributed by atoms with Crippen LogP contribution in [0.3, 0.4) is 0 Å². The Morgan fingerprint density at radius 1 is 1.22 bits per heavy atom. The van der Waals surface area contributed by atoms with Gasteiger partial charge in [0.1, 0.15) is 0 Å². The van der Waals surface area contributed by atoms with Gasteiger partial charge < -0.3 is 11.1 Å². The van der Waals surface area contributed by atoms with Gasteiger partial charge in [-0.05, 0) is 32.2 Å². The van der Waals surface area contributed by atoms with Crippen LogP contribution in [0.1, 0.15) is 44.9 Å². The van der Waals surface area contributed by atoms with Gasteiger partial charge in [-0.3, -0.25) is 4.79 Å². The van der Waals surface area contributed by atoms with Gasteiger partial charge >= 0.3 is 0 Å². The van der Waals surface area contributed by atoms with Gasteiger partial charge in [0.25, 0.3) is 0 Å². The van der Waals surface area contributed by atoms with Crippen molar-refractivity contribution in [3.8, 4) is 0 Å². The lowest BCUT2D eigenvalue weighted by atomic mass is 10.1. The minimum absolute atomic E-state index is 0.0372. The van der Waals surface area contributed by atoms with E-state index in [4.69, 9.17) is 5.73 Å². The van der Waals surface area contributed by atoms with Crippen LogP contribution in [0.2, 0.25) is 0 Å². The fraction of sp³-hybridized carbons (Fsp3) is 0.917. The van der Waals surface area contributed by atoms with Gasteiger partial charge in [-0.15, -0.1) is 0 Å². The first-order valence-electron chi connectivity index (χ1n) is 6.74. The Kier molecular flexibility index (Phi) is 6.63. The molecule has 0 aromatic carbocycles. The summed E-state index contributed by atoms with van der Waals surface area (Å²) in [5, 5.41) is 2.37. The molecule has 1 aliphatic heterocycles. The summed E-state index contributed by atoms with van der Waals surface area (Å²) in [6.07, 6.45) is 5.80. The minimum Gasteiger partial charge on any atom is -0.355 e. The fourth-order valence-corrected chi connectivity index (χ4v) is 3.95. The van der Waals surface area contributed by atoms with E-state index < -0.39 is 9.84 Å². The quantitative estimate of drug-likeness (QED) is 0.635. The standard InChI is InChI=1S/C12H24N2O3S/c13-8-4-2-1-3-7-12(15)14-10-11-6-5-9-18(11,16)17/h11H,1-10,13H2,(H,14,15). The van der Waals surface area contributed by atoms with Crippen molar-refractivity contribution < 1.29 is 13.2 Å². The zero-order chi connectivity index (χ0) is 13.4. The summed E-state index contributed by atoms with van der Waals surface area (Å²) in [4.78, 5) is 11.5. The second-order valence-corrected chi connectivity index (χ2v) is 7.29. The SMILES string of the molecule is NCCCCCCC(=O)NCC1CCCS1(=O)=O. The van der Waals surface area contributed by atoms with Gasteiger partial charge in [0.05, 0.1) is 11.0 Å². The number of rotatable bonds is 8. The van der Waals surface area contributed by atoms with Crippen molar-refractivity contribution in [1.82, 2.24) is 5.32 Å². The molecule has 1 fully saturated rings. The second-order valence-electron chi connectivity index (χ2n) is 4.89. The Labute approximate surface area is 109 Å². The summed E-state index contributed by atoms with van der Waals surface area (Å²) >= 11 is 0. The molecule has 1 saturated heterocycles.